The minimum Gasteiger partial charge on any atom is -0.498 e. The van der Waals surface area contributed by atoms with Crippen molar-refractivity contribution in [1.82, 2.24) is 5.32 Å². The fourth-order valence-electron chi connectivity index (χ4n) is 0.379. The van der Waals surface area contributed by atoms with E-state index in [0.717, 1.165) is 0 Å². The minimum absolute atomic E-state index is 0. The van der Waals surface area contributed by atoms with E-state index in [1.807, 2.05) is 0 Å². The van der Waals surface area contributed by atoms with Crippen molar-refractivity contribution in [3.63, 3.8) is 0 Å². The van der Waals surface area contributed by atoms with Crippen LogP contribution in [-0.2, 0) is 9.53 Å². The van der Waals surface area contributed by atoms with Gasteiger partial charge in [-0.05, 0) is 0 Å². The van der Waals surface area contributed by atoms with Gasteiger partial charge >= 0.3 is 5.97 Å². The van der Waals surface area contributed by atoms with Gasteiger partial charge in [-0.1, -0.05) is 0 Å². The predicted molar refractivity (Wildman–Crippen MR) is 47.0 cm³/mol. The molecule has 0 saturated carbocycles. The highest BCUT2D eigenvalue weighted by molar-refractivity contribution is 5.85. The maximum Gasteiger partial charge on any atom is 0.322 e. The van der Waals surface area contributed by atoms with Crippen LogP contribution in [0.25, 0.3) is 0 Å². The van der Waals surface area contributed by atoms with Gasteiger partial charge in [-0.15, -0.1) is 12.4 Å². The Labute approximate surface area is 77.0 Å². The summed E-state index contributed by atoms with van der Waals surface area (Å²) in [6, 6.07) is 0. The number of aliphatic carboxylic acids is 1. The van der Waals surface area contributed by atoms with Gasteiger partial charge < -0.3 is 20.9 Å². The largest absolute Gasteiger partial charge is 0.498 e. The number of hydrogen-bond donors (Lipinski definition) is 3. The van der Waals surface area contributed by atoms with Crippen LogP contribution in [0.15, 0.2) is 12.5 Å². The van der Waals surface area contributed by atoms with E-state index in [0.29, 0.717) is 13.2 Å². The highest BCUT2D eigenvalue weighted by atomic mass is 35.5. The van der Waals surface area contributed by atoms with Gasteiger partial charge in [0.15, 0.2) is 0 Å². The van der Waals surface area contributed by atoms with Crippen LogP contribution in [0.1, 0.15) is 0 Å². The second-order valence-electron chi connectivity index (χ2n) is 1.74. The molecule has 5 nitrogen and oxygen atoms in total. The summed E-state index contributed by atoms with van der Waals surface area (Å²) in [5.41, 5.74) is 5.12. The molecule has 0 aromatic rings. The van der Waals surface area contributed by atoms with Crippen molar-refractivity contribution in [3.05, 3.63) is 12.5 Å². The Morgan fingerprint density at radius 1 is 1.67 bits per heavy atom. The van der Waals surface area contributed by atoms with Crippen molar-refractivity contribution in [3.8, 4) is 0 Å². The van der Waals surface area contributed by atoms with Crippen molar-refractivity contribution in [2.24, 2.45) is 5.73 Å². The van der Waals surface area contributed by atoms with Gasteiger partial charge in [-0.2, -0.15) is 0 Å². The lowest BCUT2D eigenvalue weighted by Gasteiger charge is -1.96. The molecule has 0 aromatic heterocycles. The van der Waals surface area contributed by atoms with Crippen LogP contribution < -0.4 is 11.1 Å². The summed E-state index contributed by atoms with van der Waals surface area (Å²) < 4.78 is 4.80. The lowest BCUT2D eigenvalue weighted by molar-refractivity contribution is -0.135. The van der Waals surface area contributed by atoms with Gasteiger partial charge in [0.2, 0.25) is 0 Å². The van der Waals surface area contributed by atoms with Crippen LogP contribution >= 0.6 is 12.4 Å². The average Bonchev–Trinajstić information content (AvgIpc) is 1.96. The fourth-order valence-corrected chi connectivity index (χ4v) is 0.379. The van der Waals surface area contributed by atoms with Crippen molar-refractivity contribution in [1.29, 1.82) is 0 Å². The minimum atomic E-state index is -0.909. The van der Waals surface area contributed by atoms with Crippen molar-refractivity contribution in [2.45, 2.75) is 0 Å². The Morgan fingerprint density at radius 2 is 2.33 bits per heavy atom. The third-order valence-electron chi connectivity index (χ3n) is 0.771. The monoisotopic (exact) mass is 196 g/mol. The number of carboxylic acids is 1. The van der Waals surface area contributed by atoms with Gasteiger partial charge in [0.25, 0.3) is 0 Å². The third-order valence-corrected chi connectivity index (χ3v) is 0.771. The number of nitrogens with one attached hydrogen (secondary N) is 1. The van der Waals surface area contributed by atoms with Crippen LogP contribution in [0, 0.1) is 0 Å². The van der Waals surface area contributed by atoms with Gasteiger partial charge in [0.05, 0.1) is 12.9 Å². The lowest BCUT2D eigenvalue weighted by Crippen LogP contribution is -2.16. The molecule has 0 aliphatic rings. The summed E-state index contributed by atoms with van der Waals surface area (Å²) in [4.78, 5) is 9.93. The average molecular weight is 197 g/mol. The van der Waals surface area contributed by atoms with E-state index in [1.54, 1.807) is 0 Å². The van der Waals surface area contributed by atoms with E-state index in [-0.39, 0.29) is 19.0 Å². The van der Waals surface area contributed by atoms with Crippen molar-refractivity contribution < 1.29 is 14.6 Å². The Kier molecular flexibility index (Phi) is 11.4. The molecule has 0 radical (unpaired) electrons. The molecule has 0 rings (SSSR count). The third kappa shape index (κ3) is 11.8. The second kappa shape index (κ2) is 10.1. The normalized spacial score (nSPS) is 9.08. The maximum absolute atomic E-state index is 9.93. The molecule has 6 heteroatoms. The fraction of sp³-hybridized carbons (Fsp3) is 0.500. The molecule has 0 aliphatic carbocycles. The first kappa shape index (κ1) is 13.6. The first-order valence-electron chi connectivity index (χ1n) is 3.19. The smallest absolute Gasteiger partial charge is 0.322 e. The summed E-state index contributed by atoms with van der Waals surface area (Å²) in [7, 11) is 0. The Bertz CT molecular complexity index is 141. The topological polar surface area (TPSA) is 84.6 Å². The molecule has 0 amide bonds. The summed E-state index contributed by atoms with van der Waals surface area (Å²) >= 11 is 0. The number of ether oxygens (including phenoxy) is 1. The van der Waals surface area contributed by atoms with Crippen molar-refractivity contribution in [2.75, 3.05) is 19.7 Å². The first-order chi connectivity index (χ1) is 5.27. The molecule has 72 valence electrons. The van der Waals surface area contributed by atoms with Gasteiger partial charge in [0, 0.05) is 12.7 Å². The molecule has 0 aliphatic heterocycles. The zero-order valence-corrected chi connectivity index (χ0v) is 7.34. The molecule has 0 saturated heterocycles. The number of carboxylic acid groups (broad SMARTS) is 1. The number of nitrogens with two attached hydrogens (primary N) is 1. The molecular formula is C6H13ClN2O3. The van der Waals surface area contributed by atoms with Gasteiger partial charge in [0.1, 0.15) is 6.54 Å². The highest BCUT2D eigenvalue weighted by Gasteiger charge is 1.88. The second-order valence-corrected chi connectivity index (χ2v) is 1.74. The molecule has 0 unspecified atom stereocenters. The molecule has 4 N–H and O–H groups in total. The summed E-state index contributed by atoms with van der Waals surface area (Å²) in [6.07, 6.45) is 2.79. The van der Waals surface area contributed by atoms with Crippen LogP contribution in [0.3, 0.4) is 0 Å². The Balaban J connectivity index is 0. The quantitative estimate of drug-likeness (QED) is 0.395. The van der Waals surface area contributed by atoms with E-state index >= 15 is 0 Å². The van der Waals surface area contributed by atoms with Crippen LogP contribution in [0.5, 0.6) is 0 Å². The van der Waals surface area contributed by atoms with Crippen LogP contribution in [0.2, 0.25) is 0 Å². The van der Waals surface area contributed by atoms with Gasteiger partial charge in [-0.25, -0.2) is 0 Å². The molecular weight excluding hydrogens is 184 g/mol. The Morgan fingerprint density at radius 3 is 2.83 bits per heavy atom. The summed E-state index contributed by atoms with van der Waals surface area (Å²) in [5, 5.41) is 10.7. The van der Waals surface area contributed by atoms with E-state index in [4.69, 9.17) is 15.6 Å². The van der Waals surface area contributed by atoms with E-state index in [9.17, 15) is 4.79 Å². The maximum atomic E-state index is 9.93. The zero-order chi connectivity index (χ0) is 8.53. The first-order valence-corrected chi connectivity index (χ1v) is 3.19. The van der Waals surface area contributed by atoms with Crippen molar-refractivity contribution >= 4 is 18.4 Å². The number of carbonyl (C=O) groups is 1. The SMILES string of the molecule is Cl.NCCOC=CNCC(=O)O. The number of halogens is 1. The van der Waals surface area contributed by atoms with Crippen LogP contribution in [0.4, 0.5) is 0 Å². The molecule has 0 bridgehead atoms. The molecule has 0 heterocycles. The Hall–Kier alpha value is -0.940. The molecule has 0 spiro atoms. The predicted octanol–water partition coefficient (Wildman–Crippen LogP) is -0.471. The highest BCUT2D eigenvalue weighted by Crippen LogP contribution is 1.72. The molecule has 0 aromatic carbocycles. The summed E-state index contributed by atoms with van der Waals surface area (Å²) in [6.45, 7) is 0.775. The van der Waals surface area contributed by atoms with E-state index in [2.05, 4.69) is 5.32 Å². The standard InChI is InChI=1S/C6H12N2O3.ClH/c7-1-3-11-4-2-8-5-6(9)10;/h2,4,8H,1,3,5,7H2,(H,9,10);1H. The van der Waals surface area contributed by atoms with Crippen LogP contribution in [-0.4, -0.2) is 30.8 Å². The van der Waals surface area contributed by atoms with E-state index in [1.165, 1.54) is 12.5 Å². The molecule has 0 atom stereocenters. The number of hydrogen-bond acceptors (Lipinski definition) is 4. The number of rotatable bonds is 6. The van der Waals surface area contributed by atoms with E-state index < -0.39 is 5.97 Å². The molecule has 0 fully saturated rings. The summed E-state index contributed by atoms with van der Waals surface area (Å²) in [5.74, 6) is -0.909. The zero-order valence-electron chi connectivity index (χ0n) is 6.53. The molecule has 12 heavy (non-hydrogen) atoms. The lowest BCUT2D eigenvalue weighted by atomic mass is 10.6. The van der Waals surface area contributed by atoms with Gasteiger partial charge in [-0.3, -0.25) is 4.79 Å².